The van der Waals surface area contributed by atoms with Crippen LogP contribution in [0.1, 0.15) is 23.3 Å². The van der Waals surface area contributed by atoms with Crippen molar-refractivity contribution in [1.29, 1.82) is 5.26 Å². The highest BCUT2D eigenvalue weighted by molar-refractivity contribution is 8.14. The Labute approximate surface area is 242 Å². The molecule has 2 heterocycles. The van der Waals surface area contributed by atoms with Crippen LogP contribution in [0.2, 0.25) is 0 Å². The number of thiophene rings is 1. The number of nitrogens with zero attached hydrogens (tertiary/aromatic N) is 2. The first kappa shape index (κ1) is 28.9. The summed E-state index contributed by atoms with van der Waals surface area (Å²) in [6.45, 7) is 2.22. The Morgan fingerprint density at radius 2 is 1.85 bits per heavy atom. The SMILES string of the molecule is COc1ccc(CCNC(=O)CSC2=NC(C)=C(C(=O)Nc3ccccc3)C(c3cccs3)C2C#N)cc1OC. The quantitative estimate of drug-likeness (QED) is 0.335. The number of hydrogen-bond donors (Lipinski definition) is 2. The number of nitrogens with one attached hydrogen (secondary N) is 2. The molecule has 40 heavy (non-hydrogen) atoms. The van der Waals surface area contributed by atoms with Crippen molar-refractivity contribution < 1.29 is 19.1 Å². The molecule has 2 aromatic carbocycles. The molecule has 0 radical (unpaired) electrons. The molecule has 2 N–H and O–H groups in total. The monoisotopic (exact) mass is 574 g/mol. The van der Waals surface area contributed by atoms with Crippen LogP contribution in [0.3, 0.4) is 0 Å². The van der Waals surface area contributed by atoms with Crippen molar-refractivity contribution in [3.8, 4) is 17.6 Å². The topological polar surface area (TPSA) is 113 Å². The first-order valence-corrected chi connectivity index (χ1v) is 14.5. The highest BCUT2D eigenvalue weighted by Gasteiger charge is 2.39. The highest BCUT2D eigenvalue weighted by atomic mass is 32.2. The van der Waals surface area contributed by atoms with Gasteiger partial charge < -0.3 is 20.1 Å². The van der Waals surface area contributed by atoms with Crippen molar-refractivity contribution in [3.63, 3.8) is 0 Å². The van der Waals surface area contributed by atoms with E-state index < -0.39 is 11.8 Å². The average Bonchev–Trinajstić information content (AvgIpc) is 3.51. The number of aliphatic imine (C=N–C) groups is 1. The lowest BCUT2D eigenvalue weighted by Gasteiger charge is -2.29. The van der Waals surface area contributed by atoms with Gasteiger partial charge >= 0.3 is 0 Å². The summed E-state index contributed by atoms with van der Waals surface area (Å²) in [7, 11) is 3.17. The third-order valence-corrected chi connectivity index (χ3v) is 8.38. The number of benzene rings is 2. The number of carbonyl (C=O) groups excluding carboxylic acids is 2. The van der Waals surface area contributed by atoms with Crippen molar-refractivity contribution in [2.75, 3.05) is 31.8 Å². The Balaban J connectivity index is 1.44. The minimum Gasteiger partial charge on any atom is -0.493 e. The second kappa shape index (κ2) is 13.8. The molecule has 0 saturated carbocycles. The van der Waals surface area contributed by atoms with Crippen molar-refractivity contribution in [1.82, 2.24) is 5.32 Å². The zero-order chi connectivity index (χ0) is 28.5. The van der Waals surface area contributed by atoms with Crippen LogP contribution in [0.25, 0.3) is 0 Å². The molecule has 1 aliphatic heterocycles. The van der Waals surface area contributed by atoms with Crippen LogP contribution in [-0.4, -0.2) is 43.4 Å². The molecule has 2 unspecified atom stereocenters. The van der Waals surface area contributed by atoms with E-state index in [1.807, 2.05) is 66.0 Å². The van der Waals surface area contributed by atoms with E-state index in [1.54, 1.807) is 21.1 Å². The molecule has 206 valence electrons. The second-order valence-electron chi connectivity index (χ2n) is 8.95. The molecule has 2 amide bonds. The summed E-state index contributed by atoms with van der Waals surface area (Å²) >= 11 is 2.73. The van der Waals surface area contributed by atoms with E-state index in [0.29, 0.717) is 46.5 Å². The summed E-state index contributed by atoms with van der Waals surface area (Å²) in [6.07, 6.45) is 0.626. The van der Waals surface area contributed by atoms with Crippen LogP contribution in [-0.2, 0) is 16.0 Å². The molecule has 4 rings (SSSR count). The van der Waals surface area contributed by atoms with Gasteiger partial charge in [-0.1, -0.05) is 42.1 Å². The predicted molar refractivity (Wildman–Crippen MR) is 160 cm³/mol. The molecule has 10 heteroatoms. The van der Waals surface area contributed by atoms with Gasteiger partial charge in [0.2, 0.25) is 5.91 Å². The van der Waals surface area contributed by atoms with E-state index in [2.05, 4.69) is 21.7 Å². The largest absolute Gasteiger partial charge is 0.493 e. The van der Waals surface area contributed by atoms with E-state index in [0.717, 1.165) is 10.4 Å². The second-order valence-corrected chi connectivity index (χ2v) is 10.9. The molecule has 3 aromatic rings. The third-order valence-electron chi connectivity index (χ3n) is 6.38. The minimum atomic E-state index is -0.691. The fourth-order valence-electron chi connectivity index (χ4n) is 4.45. The van der Waals surface area contributed by atoms with Gasteiger partial charge in [0.15, 0.2) is 11.5 Å². The standard InChI is InChI=1S/C30H30N4O4S2/c1-19-27(29(36)34-21-8-5-4-6-9-21)28(25-10-7-15-39-25)22(17-31)30(33-19)40-18-26(35)32-14-13-20-11-12-23(37-2)24(16-20)38-3/h4-12,15-16,22,28H,13-14,18H2,1-3H3,(H,32,35)(H,34,36). The van der Waals surface area contributed by atoms with Gasteiger partial charge in [-0.15, -0.1) is 11.3 Å². The first-order valence-electron chi connectivity index (χ1n) is 12.6. The van der Waals surface area contributed by atoms with E-state index in [1.165, 1.54) is 23.1 Å². The lowest BCUT2D eigenvalue weighted by Crippen LogP contribution is -2.32. The number of hydrogen-bond acceptors (Lipinski definition) is 8. The minimum absolute atomic E-state index is 0.110. The van der Waals surface area contributed by atoms with Gasteiger partial charge in [-0.2, -0.15) is 5.26 Å². The Hall–Kier alpha value is -4.07. The number of anilines is 1. The summed E-state index contributed by atoms with van der Waals surface area (Å²) in [5.74, 6) is -0.225. The average molecular weight is 575 g/mol. The molecular formula is C30H30N4O4S2. The van der Waals surface area contributed by atoms with Gasteiger partial charge in [0.25, 0.3) is 5.91 Å². The smallest absolute Gasteiger partial charge is 0.254 e. The van der Waals surface area contributed by atoms with E-state index in [9.17, 15) is 14.9 Å². The molecule has 8 nitrogen and oxygen atoms in total. The van der Waals surface area contributed by atoms with E-state index in [4.69, 9.17) is 9.47 Å². The number of carbonyl (C=O) groups is 2. The third kappa shape index (κ3) is 6.92. The normalized spacial score (nSPS) is 16.5. The van der Waals surface area contributed by atoms with Crippen molar-refractivity contribution in [2.45, 2.75) is 19.3 Å². The Morgan fingerprint density at radius 1 is 1.07 bits per heavy atom. The van der Waals surface area contributed by atoms with E-state index >= 15 is 0 Å². The lowest BCUT2D eigenvalue weighted by molar-refractivity contribution is -0.118. The van der Waals surface area contributed by atoms with Crippen LogP contribution in [0, 0.1) is 17.2 Å². The van der Waals surface area contributed by atoms with Crippen molar-refractivity contribution in [2.24, 2.45) is 10.9 Å². The fraction of sp³-hybridized carbons (Fsp3) is 0.267. The number of ether oxygens (including phenoxy) is 2. The van der Waals surface area contributed by atoms with Crippen LogP contribution in [0.4, 0.5) is 5.69 Å². The number of rotatable bonds is 10. The first-order chi connectivity index (χ1) is 19.4. The van der Waals surface area contributed by atoms with Gasteiger partial charge in [0.05, 0.1) is 31.1 Å². The van der Waals surface area contributed by atoms with Crippen LogP contribution >= 0.6 is 23.1 Å². The summed E-state index contributed by atoms with van der Waals surface area (Å²) in [5.41, 5.74) is 2.67. The number of methoxy groups -OCH3 is 2. The Morgan fingerprint density at radius 3 is 2.52 bits per heavy atom. The van der Waals surface area contributed by atoms with Gasteiger partial charge in [-0.25, -0.2) is 4.99 Å². The zero-order valence-corrected chi connectivity index (χ0v) is 24.1. The summed E-state index contributed by atoms with van der Waals surface area (Å²) in [4.78, 5) is 31.6. The number of para-hydroxylation sites is 1. The van der Waals surface area contributed by atoms with Crippen molar-refractivity contribution >= 4 is 45.6 Å². The predicted octanol–water partition coefficient (Wildman–Crippen LogP) is 5.41. The van der Waals surface area contributed by atoms with Gasteiger partial charge in [0.1, 0.15) is 5.92 Å². The number of allylic oxidation sites excluding steroid dienone is 1. The molecule has 0 saturated heterocycles. The molecule has 0 aliphatic carbocycles. The lowest BCUT2D eigenvalue weighted by atomic mass is 9.82. The number of amides is 2. The molecule has 1 aromatic heterocycles. The van der Waals surface area contributed by atoms with Gasteiger partial charge in [0, 0.05) is 34.3 Å². The summed E-state index contributed by atoms with van der Waals surface area (Å²) in [5, 5.41) is 18.5. The highest BCUT2D eigenvalue weighted by Crippen LogP contribution is 2.43. The maximum absolute atomic E-state index is 13.4. The van der Waals surface area contributed by atoms with Crippen LogP contribution in [0.5, 0.6) is 11.5 Å². The fourth-order valence-corrected chi connectivity index (χ4v) is 6.28. The number of thioether (sulfide) groups is 1. The molecule has 0 spiro atoms. The maximum Gasteiger partial charge on any atom is 0.254 e. The zero-order valence-electron chi connectivity index (χ0n) is 22.5. The molecular weight excluding hydrogens is 544 g/mol. The molecule has 0 bridgehead atoms. The van der Waals surface area contributed by atoms with E-state index in [-0.39, 0.29) is 17.6 Å². The molecule has 1 aliphatic rings. The van der Waals surface area contributed by atoms with Gasteiger partial charge in [-0.3, -0.25) is 9.59 Å². The summed E-state index contributed by atoms with van der Waals surface area (Å²) in [6, 6.07) is 21.0. The maximum atomic E-state index is 13.4. The number of nitriles is 1. The summed E-state index contributed by atoms with van der Waals surface area (Å²) < 4.78 is 10.6. The molecule has 2 atom stereocenters. The van der Waals surface area contributed by atoms with Crippen LogP contribution in [0.15, 0.2) is 82.3 Å². The van der Waals surface area contributed by atoms with Crippen molar-refractivity contribution in [3.05, 3.63) is 87.8 Å². The Kier molecular flexibility index (Phi) is 10.00. The Bertz CT molecular complexity index is 1450. The van der Waals surface area contributed by atoms with Crippen LogP contribution < -0.4 is 20.1 Å². The van der Waals surface area contributed by atoms with Gasteiger partial charge in [-0.05, 0) is 54.6 Å². The molecule has 0 fully saturated rings.